The third kappa shape index (κ3) is 4.43. The van der Waals surface area contributed by atoms with Crippen molar-refractivity contribution in [2.75, 3.05) is 12.3 Å². The molecular weight excluding hydrogens is 432 g/mol. The van der Waals surface area contributed by atoms with Crippen LogP contribution in [0.25, 0.3) is 0 Å². The number of nitrogens with two attached hydrogens (primary N) is 1. The van der Waals surface area contributed by atoms with Gasteiger partial charge in [0, 0.05) is 12.6 Å². The van der Waals surface area contributed by atoms with E-state index in [2.05, 4.69) is 8.75 Å². The van der Waals surface area contributed by atoms with E-state index in [9.17, 15) is 30.9 Å². The molecule has 0 aromatic carbocycles. The second-order valence-corrected chi connectivity index (χ2v) is 10.4. The molecular formula is C9H14N6O9S3. The number of anilines is 1. The quantitative estimate of drug-likeness (QED) is 0.355. The van der Waals surface area contributed by atoms with Crippen molar-refractivity contribution in [1.29, 1.82) is 0 Å². The summed E-state index contributed by atoms with van der Waals surface area (Å²) in [6.07, 6.45) is -2.37. The smallest absolute Gasteiger partial charge is 0.351 e. The van der Waals surface area contributed by atoms with Gasteiger partial charge in [0.15, 0.2) is 0 Å². The molecule has 2 aliphatic heterocycles. The largest absolute Gasteiger partial charge is 0.394 e. The summed E-state index contributed by atoms with van der Waals surface area (Å²) in [5.41, 5.74) is 4.62. The highest BCUT2D eigenvalue weighted by Gasteiger charge is 2.42. The monoisotopic (exact) mass is 446 g/mol. The lowest BCUT2D eigenvalue weighted by Crippen LogP contribution is -2.49. The van der Waals surface area contributed by atoms with E-state index in [1.807, 2.05) is 0 Å². The zero-order valence-electron chi connectivity index (χ0n) is 13.2. The first-order valence-corrected chi connectivity index (χ1v) is 11.4. The highest BCUT2D eigenvalue weighted by Crippen LogP contribution is 2.31. The molecule has 18 heteroatoms. The molecule has 3 rings (SSSR count). The number of aliphatic hydroxyl groups is 1. The first-order valence-electron chi connectivity index (χ1n) is 7.07. The maximum absolute atomic E-state index is 12.5. The lowest BCUT2D eigenvalue weighted by atomic mass is 10.2. The fourth-order valence-corrected chi connectivity index (χ4v) is 7.76. The van der Waals surface area contributed by atoms with E-state index in [1.165, 1.54) is 16.4 Å². The first kappa shape index (κ1) is 20.1. The highest BCUT2D eigenvalue weighted by atomic mass is 32.3. The standard InChI is InChI=1S/C9H14N6O9S3/c10-7-1-2-15(9(17)11-7)8-3-5(6(4-16)23-8)24-27(22)13-25(18,19)12-26(20,21)14-27/h1-2,5-6,8,12,16H,3-4H2,(H2,10,11,17)(H,13,14,22)/t5-,6-,8-/m1/s1. The summed E-state index contributed by atoms with van der Waals surface area (Å²) in [6, 6.07) is 1.32. The third-order valence-corrected chi connectivity index (χ3v) is 8.92. The summed E-state index contributed by atoms with van der Waals surface area (Å²) in [6.45, 7) is -0.661. The number of nitrogens with one attached hydrogen (secondary N) is 2. The molecule has 4 atom stereocenters. The molecule has 152 valence electrons. The van der Waals surface area contributed by atoms with Crippen LogP contribution >= 0.6 is 0 Å². The zero-order chi connectivity index (χ0) is 20.0. The van der Waals surface area contributed by atoms with Crippen molar-refractivity contribution >= 4 is 36.4 Å². The Morgan fingerprint density at radius 1 is 1.33 bits per heavy atom. The molecule has 2 aliphatic rings. The summed E-state index contributed by atoms with van der Waals surface area (Å²) in [5, 5.41) is 9.41. The minimum atomic E-state index is -4.80. The van der Waals surface area contributed by atoms with Crippen LogP contribution in [0.2, 0.25) is 0 Å². The topological polar surface area (TPSA) is 221 Å². The summed E-state index contributed by atoms with van der Waals surface area (Å²) >= 11 is 0. The van der Waals surface area contributed by atoms with Crippen molar-refractivity contribution in [3.05, 3.63) is 22.7 Å². The van der Waals surface area contributed by atoms with Gasteiger partial charge < -0.3 is 15.6 Å². The molecule has 1 fully saturated rings. The van der Waals surface area contributed by atoms with Crippen LogP contribution in [0.5, 0.6) is 0 Å². The Bertz CT molecular complexity index is 1140. The van der Waals surface area contributed by atoms with E-state index in [-0.39, 0.29) is 12.2 Å². The minimum Gasteiger partial charge on any atom is -0.394 e. The Kier molecular flexibility index (Phi) is 5.01. The highest BCUT2D eigenvalue weighted by molar-refractivity contribution is 8.15. The van der Waals surface area contributed by atoms with Gasteiger partial charge in [-0.1, -0.05) is 12.0 Å². The zero-order valence-corrected chi connectivity index (χ0v) is 15.6. The Morgan fingerprint density at radius 3 is 2.63 bits per heavy atom. The Morgan fingerprint density at radius 2 is 2.04 bits per heavy atom. The third-order valence-electron chi connectivity index (χ3n) is 3.40. The van der Waals surface area contributed by atoms with Gasteiger partial charge in [-0.25, -0.2) is 9.00 Å². The number of aliphatic hydroxyl groups excluding tert-OH is 1. The van der Waals surface area contributed by atoms with Gasteiger partial charge in [0.1, 0.15) is 24.3 Å². The van der Waals surface area contributed by atoms with Gasteiger partial charge in [-0.05, 0) is 6.07 Å². The fraction of sp³-hybridized carbons (Fsp3) is 0.556. The lowest BCUT2D eigenvalue weighted by molar-refractivity contribution is -0.0409. The molecule has 0 radical (unpaired) electrons. The van der Waals surface area contributed by atoms with Crippen LogP contribution in [-0.2, 0) is 39.5 Å². The van der Waals surface area contributed by atoms with E-state index in [0.29, 0.717) is 0 Å². The molecule has 15 nitrogen and oxygen atoms in total. The van der Waals surface area contributed by atoms with Gasteiger partial charge in [-0.2, -0.15) is 21.8 Å². The fourth-order valence-electron chi connectivity index (χ4n) is 2.44. The maximum atomic E-state index is 12.5. The number of hydrogen-bond donors (Lipinski definition) is 4. The second-order valence-electron chi connectivity index (χ2n) is 5.42. The maximum Gasteiger partial charge on any atom is 0.351 e. The van der Waals surface area contributed by atoms with Crippen molar-refractivity contribution in [2.45, 2.75) is 24.9 Å². The van der Waals surface area contributed by atoms with Crippen LogP contribution < -0.4 is 19.7 Å². The molecule has 0 aliphatic carbocycles. The lowest BCUT2D eigenvalue weighted by Gasteiger charge is -2.21. The minimum absolute atomic E-state index is 0.0307. The number of rotatable bonds is 4. The van der Waals surface area contributed by atoms with E-state index in [0.717, 1.165) is 8.69 Å². The van der Waals surface area contributed by atoms with Gasteiger partial charge in [0.05, 0.1) is 6.61 Å². The second kappa shape index (κ2) is 6.74. The number of nitrogen functional groups attached to an aromatic ring is 1. The predicted octanol–water partition coefficient (Wildman–Crippen LogP) is -3.53. The van der Waals surface area contributed by atoms with Crippen molar-refractivity contribution in [3.63, 3.8) is 0 Å². The average Bonchev–Trinajstić information content (AvgIpc) is 2.85. The number of nitrogens with zero attached hydrogens (tertiary/aromatic N) is 3. The van der Waals surface area contributed by atoms with E-state index in [1.54, 1.807) is 0 Å². The number of hydrogen-bond acceptors (Lipinski definition) is 11. The molecule has 5 N–H and O–H groups in total. The van der Waals surface area contributed by atoms with Crippen LogP contribution in [0.4, 0.5) is 5.82 Å². The van der Waals surface area contributed by atoms with Crippen molar-refractivity contribution in [3.8, 4) is 0 Å². The predicted molar refractivity (Wildman–Crippen MR) is 88.1 cm³/mol. The number of aromatic nitrogens is 2. The summed E-state index contributed by atoms with van der Waals surface area (Å²) in [5.74, 6) is -0.0307. The van der Waals surface area contributed by atoms with Crippen LogP contribution in [0.3, 0.4) is 0 Å². The first-order chi connectivity index (χ1) is 12.4. The molecule has 0 saturated carbocycles. The Balaban J connectivity index is 1.90. The Hall–Kier alpha value is -1.67. The van der Waals surface area contributed by atoms with Gasteiger partial charge >= 0.3 is 26.1 Å². The molecule has 1 aromatic rings. The average molecular weight is 446 g/mol. The van der Waals surface area contributed by atoms with Crippen LogP contribution in [-0.4, -0.2) is 54.5 Å². The van der Waals surface area contributed by atoms with Crippen LogP contribution in [0, 0.1) is 0 Å². The van der Waals surface area contributed by atoms with Crippen molar-refractivity contribution in [2.24, 2.45) is 3.77 Å². The molecule has 27 heavy (non-hydrogen) atoms. The van der Waals surface area contributed by atoms with Crippen LogP contribution in [0.1, 0.15) is 12.6 Å². The SMILES string of the molecule is Nc1ccn([C@H]2C[C@@H](OS3(=O)=NS(=O)(=O)NS(=O)(=O)N3)[C@@H](CO)O2)c(=O)n1. The molecule has 0 spiro atoms. The van der Waals surface area contributed by atoms with E-state index < -0.39 is 61.3 Å². The molecule has 1 unspecified atom stereocenters. The van der Waals surface area contributed by atoms with Gasteiger partial charge in [0.2, 0.25) is 0 Å². The summed E-state index contributed by atoms with van der Waals surface area (Å²) < 4.78 is 75.3. The van der Waals surface area contributed by atoms with Crippen molar-refractivity contribution < 1.29 is 35.1 Å². The number of ether oxygens (including phenoxy) is 1. The van der Waals surface area contributed by atoms with Gasteiger partial charge in [0.25, 0.3) is 10.2 Å². The molecule has 1 saturated heterocycles. The molecule has 0 bridgehead atoms. The summed E-state index contributed by atoms with van der Waals surface area (Å²) in [7, 11) is -13.9. The Labute approximate surface area is 153 Å². The molecule has 1 aromatic heterocycles. The van der Waals surface area contributed by atoms with E-state index >= 15 is 0 Å². The normalized spacial score (nSPS) is 34.8. The summed E-state index contributed by atoms with van der Waals surface area (Å²) in [4.78, 5) is 15.4. The van der Waals surface area contributed by atoms with Gasteiger partial charge in [-0.3, -0.25) is 8.75 Å². The van der Waals surface area contributed by atoms with Crippen LogP contribution in [0.15, 0.2) is 20.8 Å². The van der Waals surface area contributed by atoms with E-state index in [4.69, 9.17) is 14.7 Å². The molecule has 0 amide bonds. The van der Waals surface area contributed by atoms with Gasteiger partial charge in [-0.15, -0.1) is 0 Å². The van der Waals surface area contributed by atoms with Crippen molar-refractivity contribution in [1.82, 2.24) is 17.8 Å². The molecule has 3 heterocycles.